The third kappa shape index (κ3) is 2.16. The Morgan fingerprint density at radius 2 is 2.22 bits per heavy atom. The van der Waals surface area contributed by atoms with Gasteiger partial charge in [-0.15, -0.1) is 0 Å². The summed E-state index contributed by atoms with van der Waals surface area (Å²) in [6, 6.07) is 0.274. The van der Waals surface area contributed by atoms with Crippen LogP contribution in [0.15, 0.2) is 23.4 Å². The van der Waals surface area contributed by atoms with Gasteiger partial charge in [-0.25, -0.2) is 8.42 Å². The summed E-state index contributed by atoms with van der Waals surface area (Å²) in [4.78, 5) is 14.7. The van der Waals surface area contributed by atoms with Crippen molar-refractivity contribution in [1.29, 1.82) is 0 Å². The van der Waals surface area contributed by atoms with Crippen LogP contribution in [0.4, 0.5) is 5.69 Å². The molecule has 1 unspecified atom stereocenters. The van der Waals surface area contributed by atoms with Crippen molar-refractivity contribution in [3.05, 3.63) is 18.5 Å². The summed E-state index contributed by atoms with van der Waals surface area (Å²) in [6.45, 7) is 0.202. The molecule has 1 saturated heterocycles. The molecule has 1 atom stereocenters. The fraction of sp³-hybridized carbons (Fsp3) is 0.400. The van der Waals surface area contributed by atoms with E-state index in [0.29, 0.717) is 12.8 Å². The molecule has 1 aromatic rings. The van der Waals surface area contributed by atoms with Crippen molar-refractivity contribution in [2.45, 2.75) is 23.8 Å². The molecule has 0 radical (unpaired) electrons. The molecule has 0 spiro atoms. The van der Waals surface area contributed by atoms with Crippen molar-refractivity contribution < 1.29 is 18.3 Å². The molecular formula is C10H13N3O4S. The van der Waals surface area contributed by atoms with E-state index in [9.17, 15) is 13.2 Å². The Bertz CT molecular complexity index is 572. The van der Waals surface area contributed by atoms with Crippen molar-refractivity contribution in [1.82, 2.24) is 9.29 Å². The van der Waals surface area contributed by atoms with Crippen LogP contribution in [0.3, 0.4) is 0 Å². The van der Waals surface area contributed by atoms with Gasteiger partial charge in [-0.1, -0.05) is 0 Å². The molecule has 1 aliphatic rings. The lowest BCUT2D eigenvalue weighted by Crippen LogP contribution is -2.40. The van der Waals surface area contributed by atoms with Crippen molar-refractivity contribution >= 4 is 21.7 Å². The van der Waals surface area contributed by atoms with E-state index in [1.165, 1.54) is 18.5 Å². The molecule has 0 amide bonds. The lowest BCUT2D eigenvalue weighted by atomic mass is 10.2. The minimum Gasteiger partial charge on any atom is -0.480 e. The Morgan fingerprint density at radius 1 is 1.50 bits per heavy atom. The zero-order chi connectivity index (χ0) is 13.3. The maximum absolute atomic E-state index is 12.3. The van der Waals surface area contributed by atoms with Gasteiger partial charge < -0.3 is 10.8 Å². The van der Waals surface area contributed by atoms with Gasteiger partial charge in [0.25, 0.3) is 0 Å². The fourth-order valence-electron chi connectivity index (χ4n) is 1.99. The highest BCUT2D eigenvalue weighted by molar-refractivity contribution is 7.89. The topological polar surface area (TPSA) is 114 Å². The Morgan fingerprint density at radius 3 is 2.83 bits per heavy atom. The maximum atomic E-state index is 12.3. The van der Waals surface area contributed by atoms with Gasteiger partial charge in [-0.3, -0.25) is 9.78 Å². The van der Waals surface area contributed by atoms with Crippen LogP contribution in [0, 0.1) is 0 Å². The number of hydrogen-bond donors (Lipinski definition) is 2. The minimum absolute atomic E-state index is 0.0735. The Hall–Kier alpha value is -1.67. The summed E-state index contributed by atoms with van der Waals surface area (Å²) in [7, 11) is -3.85. The number of anilines is 1. The van der Waals surface area contributed by atoms with Gasteiger partial charge in [-0.05, 0) is 18.9 Å². The molecule has 0 aliphatic carbocycles. The predicted octanol–water partition coefficient (Wildman–Crippen LogP) is -0.0985. The molecule has 3 N–H and O–H groups in total. The van der Waals surface area contributed by atoms with E-state index in [-0.39, 0.29) is 17.1 Å². The maximum Gasteiger partial charge on any atom is 0.322 e. The van der Waals surface area contributed by atoms with E-state index in [1.807, 2.05) is 0 Å². The molecular weight excluding hydrogens is 258 g/mol. The van der Waals surface area contributed by atoms with Crippen LogP contribution in [-0.2, 0) is 14.8 Å². The van der Waals surface area contributed by atoms with Crippen LogP contribution in [0.1, 0.15) is 12.8 Å². The van der Waals surface area contributed by atoms with E-state index < -0.39 is 22.0 Å². The number of aromatic nitrogens is 1. The summed E-state index contributed by atoms with van der Waals surface area (Å²) < 4.78 is 25.5. The number of carboxylic acids is 1. The zero-order valence-electron chi connectivity index (χ0n) is 9.48. The van der Waals surface area contributed by atoms with Gasteiger partial charge >= 0.3 is 5.97 Å². The second kappa shape index (κ2) is 4.54. The largest absolute Gasteiger partial charge is 0.480 e. The van der Waals surface area contributed by atoms with Crippen LogP contribution in [0.5, 0.6) is 0 Å². The van der Waals surface area contributed by atoms with E-state index >= 15 is 0 Å². The number of pyridine rings is 1. The van der Waals surface area contributed by atoms with Gasteiger partial charge in [0.2, 0.25) is 10.0 Å². The van der Waals surface area contributed by atoms with Crippen LogP contribution in [0.2, 0.25) is 0 Å². The second-order valence-corrected chi connectivity index (χ2v) is 5.96. The molecule has 7 nitrogen and oxygen atoms in total. The van der Waals surface area contributed by atoms with Gasteiger partial charge in [0.15, 0.2) is 0 Å². The average molecular weight is 271 g/mol. The smallest absolute Gasteiger partial charge is 0.322 e. The first-order valence-electron chi connectivity index (χ1n) is 5.38. The van der Waals surface area contributed by atoms with E-state index in [0.717, 1.165) is 4.31 Å². The highest BCUT2D eigenvalue weighted by atomic mass is 32.2. The third-order valence-electron chi connectivity index (χ3n) is 2.83. The lowest BCUT2D eigenvalue weighted by Gasteiger charge is -2.20. The molecule has 0 saturated carbocycles. The van der Waals surface area contributed by atoms with Crippen LogP contribution in [0.25, 0.3) is 0 Å². The van der Waals surface area contributed by atoms with Crippen molar-refractivity contribution in [3.63, 3.8) is 0 Å². The van der Waals surface area contributed by atoms with Crippen molar-refractivity contribution in [2.75, 3.05) is 12.3 Å². The monoisotopic (exact) mass is 271 g/mol. The second-order valence-electron chi connectivity index (χ2n) is 4.07. The van der Waals surface area contributed by atoms with Gasteiger partial charge in [0.05, 0.1) is 5.69 Å². The number of carbonyl (C=O) groups is 1. The number of nitrogens with two attached hydrogens (primary N) is 1. The molecule has 2 heterocycles. The molecule has 8 heteroatoms. The number of nitrogens with zero attached hydrogens (tertiary/aromatic N) is 2. The lowest BCUT2D eigenvalue weighted by molar-refractivity contribution is -0.140. The van der Waals surface area contributed by atoms with Crippen LogP contribution >= 0.6 is 0 Å². The highest BCUT2D eigenvalue weighted by Gasteiger charge is 2.39. The predicted molar refractivity (Wildman–Crippen MR) is 63.2 cm³/mol. The highest BCUT2D eigenvalue weighted by Crippen LogP contribution is 2.26. The first-order chi connectivity index (χ1) is 8.43. The Kier molecular flexibility index (Phi) is 3.22. The number of hydrogen-bond acceptors (Lipinski definition) is 5. The van der Waals surface area contributed by atoms with Crippen LogP contribution < -0.4 is 5.73 Å². The number of sulfonamides is 1. The van der Waals surface area contributed by atoms with E-state index in [4.69, 9.17) is 10.8 Å². The van der Waals surface area contributed by atoms with Gasteiger partial charge in [0, 0.05) is 18.9 Å². The molecule has 1 aliphatic heterocycles. The summed E-state index contributed by atoms with van der Waals surface area (Å²) in [6.07, 6.45) is 3.36. The molecule has 1 aromatic heterocycles. The third-order valence-corrected chi connectivity index (χ3v) is 4.70. The normalized spacial score (nSPS) is 21.0. The van der Waals surface area contributed by atoms with Crippen molar-refractivity contribution in [3.8, 4) is 0 Å². The number of aliphatic carboxylic acids is 1. The fourth-order valence-corrected chi connectivity index (χ4v) is 3.64. The standard InChI is InChI=1S/C10H13N3O4S/c11-7-4-8(6-12-5-7)18(16,17)13-3-1-2-9(13)10(14)15/h4-6,9H,1-3,11H2,(H,14,15). The van der Waals surface area contributed by atoms with Gasteiger partial charge in [0.1, 0.15) is 10.9 Å². The average Bonchev–Trinajstić information content (AvgIpc) is 2.78. The summed E-state index contributed by atoms with van der Waals surface area (Å²) in [5, 5.41) is 9.00. The van der Waals surface area contributed by atoms with Crippen LogP contribution in [-0.4, -0.2) is 41.4 Å². The van der Waals surface area contributed by atoms with E-state index in [1.54, 1.807) is 0 Å². The Labute approximate surface area is 104 Å². The van der Waals surface area contributed by atoms with Gasteiger partial charge in [-0.2, -0.15) is 4.31 Å². The number of rotatable bonds is 3. The molecule has 18 heavy (non-hydrogen) atoms. The van der Waals surface area contributed by atoms with E-state index in [2.05, 4.69) is 4.98 Å². The SMILES string of the molecule is Nc1cncc(S(=O)(=O)N2CCCC2C(=O)O)c1. The molecule has 98 valence electrons. The molecule has 0 aromatic carbocycles. The summed E-state index contributed by atoms with van der Waals surface area (Å²) in [5.41, 5.74) is 5.71. The quantitative estimate of drug-likeness (QED) is 0.793. The molecule has 2 rings (SSSR count). The van der Waals surface area contributed by atoms with Crippen molar-refractivity contribution in [2.24, 2.45) is 0 Å². The summed E-state index contributed by atoms with van der Waals surface area (Å²) in [5.74, 6) is -1.13. The Balaban J connectivity index is 2.40. The first kappa shape index (κ1) is 12.8. The molecule has 1 fully saturated rings. The molecule has 0 bridgehead atoms. The first-order valence-corrected chi connectivity index (χ1v) is 6.82. The zero-order valence-corrected chi connectivity index (χ0v) is 10.3. The number of carboxylic acid groups (broad SMARTS) is 1. The number of nitrogen functional groups attached to an aromatic ring is 1. The minimum atomic E-state index is -3.85. The summed E-state index contributed by atoms with van der Waals surface area (Å²) >= 11 is 0.